The number of carbonyl (C=O) groups excluding carboxylic acids is 2. The van der Waals surface area contributed by atoms with E-state index in [1.807, 2.05) is 78.9 Å². The largest absolute Gasteiger partial charge is 0.497 e. The molecule has 3 aromatic carbocycles. The normalized spacial score (nSPS) is 14.4. The number of ether oxygens (including phenoxy) is 1. The number of nitrogens with zero attached hydrogens (tertiary/aromatic N) is 1. The molecule has 2 amide bonds. The number of benzene rings is 3. The van der Waals surface area contributed by atoms with Gasteiger partial charge >= 0.3 is 0 Å². The van der Waals surface area contributed by atoms with Crippen molar-refractivity contribution in [2.45, 2.75) is 68.5 Å². The van der Waals surface area contributed by atoms with E-state index >= 15 is 0 Å². The van der Waals surface area contributed by atoms with Gasteiger partial charge in [-0.25, -0.2) is 0 Å². The van der Waals surface area contributed by atoms with Crippen LogP contribution in [0.5, 0.6) is 5.75 Å². The SMILES string of the molecule is COc1cccc(CN(C(=O)CCSc2ccc(Cl)cc2)C(Cc2ccccc2)C(=O)NC2CCCCC2)c1. The van der Waals surface area contributed by atoms with Gasteiger partial charge in [-0.15, -0.1) is 11.8 Å². The van der Waals surface area contributed by atoms with E-state index < -0.39 is 6.04 Å². The third-order valence-electron chi connectivity index (χ3n) is 7.11. The Balaban J connectivity index is 1.57. The molecular weight excluding hydrogens is 528 g/mol. The Morgan fingerprint density at radius 1 is 0.974 bits per heavy atom. The number of carbonyl (C=O) groups is 2. The van der Waals surface area contributed by atoms with Crippen LogP contribution < -0.4 is 10.1 Å². The number of hydrogen-bond donors (Lipinski definition) is 1. The van der Waals surface area contributed by atoms with E-state index in [0.717, 1.165) is 47.5 Å². The van der Waals surface area contributed by atoms with Gasteiger partial charge in [-0.1, -0.05) is 73.3 Å². The number of nitrogens with one attached hydrogen (secondary N) is 1. The maximum atomic E-state index is 13.9. The highest BCUT2D eigenvalue weighted by Crippen LogP contribution is 2.24. The molecule has 0 aliphatic heterocycles. The second kappa shape index (κ2) is 15.0. The first-order valence-electron chi connectivity index (χ1n) is 13.7. The lowest BCUT2D eigenvalue weighted by molar-refractivity contribution is -0.141. The van der Waals surface area contributed by atoms with Crippen molar-refractivity contribution in [1.82, 2.24) is 10.2 Å². The monoisotopic (exact) mass is 564 g/mol. The summed E-state index contributed by atoms with van der Waals surface area (Å²) in [6, 6.07) is 24.8. The molecule has 5 nitrogen and oxygen atoms in total. The van der Waals surface area contributed by atoms with Crippen molar-refractivity contribution in [3.63, 3.8) is 0 Å². The maximum Gasteiger partial charge on any atom is 0.243 e. The van der Waals surface area contributed by atoms with E-state index in [4.69, 9.17) is 16.3 Å². The molecule has 1 aliphatic carbocycles. The van der Waals surface area contributed by atoms with Gasteiger partial charge in [0.1, 0.15) is 11.8 Å². The van der Waals surface area contributed by atoms with Crippen LogP contribution in [0.1, 0.15) is 49.7 Å². The molecule has 1 fully saturated rings. The number of methoxy groups -OCH3 is 1. The van der Waals surface area contributed by atoms with Crippen LogP contribution in [0.4, 0.5) is 0 Å². The fraction of sp³-hybridized carbons (Fsp3) is 0.375. The molecule has 1 unspecified atom stereocenters. The molecule has 39 heavy (non-hydrogen) atoms. The van der Waals surface area contributed by atoms with Crippen LogP contribution in [0.3, 0.4) is 0 Å². The van der Waals surface area contributed by atoms with E-state index in [2.05, 4.69) is 5.32 Å². The molecule has 3 aromatic rings. The molecule has 0 heterocycles. The van der Waals surface area contributed by atoms with Crippen molar-refractivity contribution in [1.29, 1.82) is 0 Å². The van der Waals surface area contributed by atoms with Crippen LogP contribution in [0, 0.1) is 0 Å². The molecule has 1 aliphatic rings. The molecule has 1 N–H and O–H groups in total. The highest BCUT2D eigenvalue weighted by molar-refractivity contribution is 7.99. The first-order valence-corrected chi connectivity index (χ1v) is 15.0. The van der Waals surface area contributed by atoms with Crippen molar-refractivity contribution >= 4 is 35.2 Å². The quantitative estimate of drug-likeness (QED) is 0.243. The highest BCUT2D eigenvalue weighted by Gasteiger charge is 2.31. The van der Waals surface area contributed by atoms with Crippen LogP contribution in [-0.4, -0.2) is 41.7 Å². The van der Waals surface area contributed by atoms with Gasteiger partial charge in [0.2, 0.25) is 11.8 Å². The average molecular weight is 565 g/mol. The van der Waals surface area contributed by atoms with Crippen LogP contribution in [0.15, 0.2) is 83.8 Å². The van der Waals surface area contributed by atoms with Gasteiger partial charge in [-0.2, -0.15) is 0 Å². The Labute approximate surface area is 241 Å². The van der Waals surface area contributed by atoms with Crippen LogP contribution in [-0.2, 0) is 22.6 Å². The Morgan fingerprint density at radius 2 is 1.69 bits per heavy atom. The smallest absolute Gasteiger partial charge is 0.243 e. The van der Waals surface area contributed by atoms with Crippen molar-refractivity contribution < 1.29 is 14.3 Å². The van der Waals surface area contributed by atoms with E-state index in [-0.39, 0.29) is 17.9 Å². The number of thioether (sulfide) groups is 1. The topological polar surface area (TPSA) is 58.6 Å². The summed E-state index contributed by atoms with van der Waals surface area (Å²) in [5, 5.41) is 3.98. The fourth-order valence-electron chi connectivity index (χ4n) is 5.00. The van der Waals surface area contributed by atoms with Crippen LogP contribution in [0.2, 0.25) is 5.02 Å². The molecule has 0 spiro atoms. The van der Waals surface area contributed by atoms with E-state index in [1.165, 1.54) is 6.42 Å². The molecule has 0 aromatic heterocycles. The van der Waals surface area contributed by atoms with Crippen molar-refractivity contribution in [3.8, 4) is 5.75 Å². The van der Waals surface area contributed by atoms with Gasteiger partial charge in [0.15, 0.2) is 0 Å². The lowest BCUT2D eigenvalue weighted by Crippen LogP contribution is -2.52. The molecule has 206 valence electrons. The number of hydrogen-bond acceptors (Lipinski definition) is 4. The minimum Gasteiger partial charge on any atom is -0.497 e. The van der Waals surface area contributed by atoms with Gasteiger partial charge in [-0.3, -0.25) is 9.59 Å². The first kappa shape index (κ1) is 29.0. The molecule has 7 heteroatoms. The zero-order chi connectivity index (χ0) is 27.5. The lowest BCUT2D eigenvalue weighted by atomic mass is 9.94. The lowest BCUT2D eigenvalue weighted by Gasteiger charge is -2.33. The molecule has 1 saturated carbocycles. The highest BCUT2D eigenvalue weighted by atomic mass is 35.5. The molecule has 0 saturated heterocycles. The minimum atomic E-state index is -0.617. The molecule has 1 atom stereocenters. The third-order valence-corrected chi connectivity index (χ3v) is 8.37. The van der Waals surface area contributed by atoms with Crippen LogP contribution in [0.25, 0.3) is 0 Å². The fourth-order valence-corrected chi connectivity index (χ4v) is 5.96. The Hall–Kier alpha value is -2.96. The number of rotatable bonds is 12. The summed E-state index contributed by atoms with van der Waals surface area (Å²) in [7, 11) is 1.63. The summed E-state index contributed by atoms with van der Waals surface area (Å²) >= 11 is 7.63. The Bertz CT molecular complexity index is 1200. The zero-order valence-corrected chi connectivity index (χ0v) is 24.1. The zero-order valence-electron chi connectivity index (χ0n) is 22.5. The van der Waals surface area contributed by atoms with Gasteiger partial charge < -0.3 is 15.0 Å². The van der Waals surface area contributed by atoms with E-state index in [9.17, 15) is 9.59 Å². The van der Waals surface area contributed by atoms with Crippen LogP contribution >= 0.6 is 23.4 Å². The molecule has 0 radical (unpaired) electrons. The number of halogens is 1. The molecule has 4 rings (SSSR count). The van der Waals surface area contributed by atoms with Gasteiger partial charge in [0.25, 0.3) is 0 Å². The molecule has 0 bridgehead atoms. The standard InChI is InChI=1S/C32H37ClN2O3S/c1-38-28-14-8-11-25(21-28)23-35(31(36)19-20-39-29-17-15-26(33)16-18-29)30(22-24-9-4-2-5-10-24)32(37)34-27-12-6-3-7-13-27/h2,4-5,8-11,14-18,21,27,30H,3,6-7,12-13,19-20,22-23H2,1H3,(H,34,37). The molecular formula is C32H37ClN2O3S. The summed E-state index contributed by atoms with van der Waals surface area (Å²) in [5.74, 6) is 1.22. The second-order valence-corrected chi connectivity index (χ2v) is 11.6. The minimum absolute atomic E-state index is 0.0426. The van der Waals surface area contributed by atoms with Crippen molar-refractivity contribution in [3.05, 3.63) is 95.0 Å². The summed E-state index contributed by atoms with van der Waals surface area (Å²) in [6.07, 6.45) is 6.23. The maximum absolute atomic E-state index is 13.9. The second-order valence-electron chi connectivity index (χ2n) is 9.97. The van der Waals surface area contributed by atoms with E-state index in [1.54, 1.807) is 23.8 Å². The van der Waals surface area contributed by atoms with Crippen molar-refractivity contribution in [2.24, 2.45) is 0 Å². The summed E-state index contributed by atoms with van der Waals surface area (Å²) < 4.78 is 5.43. The summed E-state index contributed by atoms with van der Waals surface area (Å²) in [6.45, 7) is 0.331. The van der Waals surface area contributed by atoms with Gasteiger partial charge in [-0.05, 0) is 60.4 Å². The van der Waals surface area contributed by atoms with Gasteiger partial charge in [0, 0.05) is 41.1 Å². The Kier molecular flexibility index (Phi) is 11.2. The summed E-state index contributed by atoms with van der Waals surface area (Å²) in [5.41, 5.74) is 1.96. The third kappa shape index (κ3) is 9.04. The van der Waals surface area contributed by atoms with E-state index in [0.29, 0.717) is 30.2 Å². The first-order chi connectivity index (χ1) is 19.0. The predicted octanol–water partition coefficient (Wildman–Crippen LogP) is 6.92. The summed E-state index contributed by atoms with van der Waals surface area (Å²) in [4.78, 5) is 30.5. The van der Waals surface area contributed by atoms with Gasteiger partial charge in [0.05, 0.1) is 7.11 Å². The average Bonchev–Trinajstić information content (AvgIpc) is 2.97. The Morgan fingerprint density at radius 3 is 2.41 bits per heavy atom. The predicted molar refractivity (Wildman–Crippen MR) is 159 cm³/mol. The van der Waals surface area contributed by atoms with Crippen molar-refractivity contribution in [2.75, 3.05) is 12.9 Å². The number of amides is 2.